The number of aliphatic hydroxyl groups excluding tert-OH is 2. The minimum Gasteiger partial charge on any atom is -0.393 e. The van der Waals surface area contributed by atoms with Crippen molar-refractivity contribution in [3.05, 3.63) is 0 Å². The summed E-state index contributed by atoms with van der Waals surface area (Å²) >= 11 is 0. The molecule has 6 nitrogen and oxygen atoms in total. The van der Waals surface area contributed by atoms with Gasteiger partial charge in [-0.05, 0) is 183 Å². The van der Waals surface area contributed by atoms with Crippen LogP contribution in [0.1, 0.15) is 170 Å². The van der Waals surface area contributed by atoms with Crippen molar-refractivity contribution in [1.82, 2.24) is 0 Å². The van der Waals surface area contributed by atoms with Gasteiger partial charge < -0.3 is 29.2 Å². The summed E-state index contributed by atoms with van der Waals surface area (Å²) in [6, 6.07) is 0. The van der Waals surface area contributed by atoms with Crippen molar-refractivity contribution in [2.45, 2.75) is 213 Å². The Balaban J connectivity index is 0.913. The van der Waals surface area contributed by atoms with Crippen LogP contribution in [0, 0.1) is 40.4 Å². The second kappa shape index (κ2) is 17.3. The van der Waals surface area contributed by atoms with Gasteiger partial charge in [0.15, 0.2) is 12.6 Å². The molecule has 6 heteroatoms. The fourth-order valence-electron chi connectivity index (χ4n) is 10.8. The standard InChI is InChI=1S/C41H74O6/c1-28(45-38-23-13-33(14-24-38)40(3,4)31-9-17-35(42)18-10-31)44-27-30-7-21-37(22-8-30)46-29(2)47-39-25-15-34(16-26-39)41(5,6)32-11-19-36(43)20-12-32/h28-39,42-43H,7-27H2,1-6H3. The monoisotopic (exact) mass is 663 g/mol. The van der Waals surface area contributed by atoms with Crippen LogP contribution in [0.5, 0.6) is 0 Å². The van der Waals surface area contributed by atoms with Crippen LogP contribution in [0.15, 0.2) is 0 Å². The molecular formula is C41H74O6. The van der Waals surface area contributed by atoms with E-state index in [4.69, 9.17) is 18.9 Å². The first-order valence-corrected chi connectivity index (χ1v) is 20.3. The summed E-state index contributed by atoms with van der Waals surface area (Å²) in [5.74, 6) is 3.62. The zero-order valence-corrected chi connectivity index (χ0v) is 31.3. The molecule has 0 aliphatic heterocycles. The molecule has 0 heterocycles. The van der Waals surface area contributed by atoms with Crippen LogP contribution in [0.25, 0.3) is 0 Å². The van der Waals surface area contributed by atoms with Crippen LogP contribution < -0.4 is 0 Å². The molecule has 2 unspecified atom stereocenters. The third kappa shape index (κ3) is 10.6. The normalized spacial score (nSPS) is 39.3. The molecule has 274 valence electrons. The highest BCUT2D eigenvalue weighted by Gasteiger charge is 2.42. The third-order valence-corrected chi connectivity index (χ3v) is 14.5. The van der Waals surface area contributed by atoms with E-state index >= 15 is 0 Å². The molecule has 0 radical (unpaired) electrons. The first-order chi connectivity index (χ1) is 22.4. The fourth-order valence-corrected chi connectivity index (χ4v) is 10.8. The lowest BCUT2D eigenvalue weighted by Gasteiger charge is -2.46. The maximum absolute atomic E-state index is 9.96. The summed E-state index contributed by atoms with van der Waals surface area (Å²) in [4.78, 5) is 0. The number of hydrogen-bond acceptors (Lipinski definition) is 6. The second-order valence-corrected chi connectivity index (χ2v) is 18.1. The molecule has 5 saturated carbocycles. The van der Waals surface area contributed by atoms with E-state index in [1.54, 1.807) is 0 Å². The Hall–Kier alpha value is -0.240. The maximum atomic E-state index is 9.96. The van der Waals surface area contributed by atoms with Crippen molar-refractivity contribution >= 4 is 0 Å². The van der Waals surface area contributed by atoms with E-state index in [1.807, 2.05) is 0 Å². The molecule has 0 aromatic carbocycles. The van der Waals surface area contributed by atoms with Gasteiger partial charge in [-0.25, -0.2) is 0 Å². The largest absolute Gasteiger partial charge is 0.393 e. The lowest BCUT2D eigenvalue weighted by Crippen LogP contribution is -2.39. The maximum Gasteiger partial charge on any atom is 0.155 e. The second-order valence-electron chi connectivity index (χ2n) is 18.1. The SMILES string of the molecule is CC(OCC1CCC(OC(C)OC2CCC(C(C)(C)C3CCC(O)CC3)CC2)CC1)OC1CCC(C(C)(C)C2CCC(O)CC2)CC1. The summed E-state index contributed by atoms with van der Waals surface area (Å²) in [6.45, 7) is 14.9. The summed E-state index contributed by atoms with van der Waals surface area (Å²) in [6.07, 6.45) is 23.3. The predicted octanol–water partition coefficient (Wildman–Crippen LogP) is 9.58. The Kier molecular flexibility index (Phi) is 14.0. The Morgan fingerprint density at radius 1 is 0.447 bits per heavy atom. The zero-order chi connectivity index (χ0) is 33.6. The highest BCUT2D eigenvalue weighted by atomic mass is 16.7. The van der Waals surface area contributed by atoms with Crippen LogP contribution in [-0.4, -0.2) is 59.9 Å². The molecule has 47 heavy (non-hydrogen) atoms. The van der Waals surface area contributed by atoms with Crippen molar-refractivity contribution < 1.29 is 29.2 Å². The predicted molar refractivity (Wildman–Crippen MR) is 189 cm³/mol. The molecule has 0 bridgehead atoms. The van der Waals surface area contributed by atoms with E-state index in [-0.39, 0.29) is 24.8 Å². The van der Waals surface area contributed by atoms with Gasteiger partial charge in [0, 0.05) is 0 Å². The summed E-state index contributed by atoms with van der Waals surface area (Å²) in [7, 11) is 0. The van der Waals surface area contributed by atoms with Crippen LogP contribution >= 0.6 is 0 Å². The molecule has 0 spiro atoms. The van der Waals surface area contributed by atoms with Gasteiger partial charge in [0.25, 0.3) is 0 Å². The molecule has 0 amide bonds. The van der Waals surface area contributed by atoms with E-state index in [1.165, 1.54) is 51.4 Å². The lowest BCUT2D eigenvalue weighted by molar-refractivity contribution is -0.202. The van der Waals surface area contributed by atoms with Gasteiger partial charge in [0.05, 0.1) is 37.1 Å². The van der Waals surface area contributed by atoms with Crippen molar-refractivity contribution in [2.24, 2.45) is 40.4 Å². The molecule has 5 aliphatic rings. The zero-order valence-electron chi connectivity index (χ0n) is 31.3. The summed E-state index contributed by atoms with van der Waals surface area (Å²) in [5, 5.41) is 19.9. The van der Waals surface area contributed by atoms with Crippen molar-refractivity contribution in [1.29, 1.82) is 0 Å². The van der Waals surface area contributed by atoms with E-state index < -0.39 is 0 Å². The van der Waals surface area contributed by atoms with Crippen LogP contribution in [0.2, 0.25) is 0 Å². The molecule has 5 fully saturated rings. The molecule has 2 N–H and O–H groups in total. The minimum absolute atomic E-state index is 0.0675. The highest BCUT2D eigenvalue weighted by Crippen LogP contribution is 2.50. The van der Waals surface area contributed by atoms with Crippen LogP contribution in [-0.2, 0) is 18.9 Å². The summed E-state index contributed by atoms with van der Waals surface area (Å²) in [5.41, 5.74) is 0.717. The molecule has 2 atom stereocenters. The molecule has 5 rings (SSSR count). The Morgan fingerprint density at radius 3 is 1.11 bits per heavy atom. The van der Waals surface area contributed by atoms with Crippen LogP contribution in [0.3, 0.4) is 0 Å². The van der Waals surface area contributed by atoms with E-state index in [9.17, 15) is 10.2 Å². The number of hydrogen-bond donors (Lipinski definition) is 2. The van der Waals surface area contributed by atoms with E-state index in [2.05, 4.69) is 41.5 Å². The Bertz CT molecular complexity index is 882. The minimum atomic E-state index is -0.136. The first-order valence-electron chi connectivity index (χ1n) is 20.3. The van der Waals surface area contributed by atoms with Gasteiger partial charge in [-0.15, -0.1) is 0 Å². The smallest absolute Gasteiger partial charge is 0.155 e. The quantitative estimate of drug-likeness (QED) is 0.191. The van der Waals surface area contributed by atoms with Gasteiger partial charge >= 0.3 is 0 Å². The molecule has 0 saturated heterocycles. The van der Waals surface area contributed by atoms with Crippen LogP contribution in [0.4, 0.5) is 0 Å². The lowest BCUT2D eigenvalue weighted by atomic mass is 9.60. The molecule has 0 aromatic rings. The number of rotatable bonds is 13. The van der Waals surface area contributed by atoms with Crippen molar-refractivity contribution in [3.63, 3.8) is 0 Å². The van der Waals surface area contributed by atoms with Gasteiger partial charge in [-0.2, -0.15) is 0 Å². The average molecular weight is 663 g/mol. The third-order valence-electron chi connectivity index (χ3n) is 14.5. The first kappa shape index (κ1) is 38.0. The number of aliphatic hydroxyl groups is 2. The van der Waals surface area contributed by atoms with Gasteiger partial charge in [-0.1, -0.05) is 27.7 Å². The highest BCUT2D eigenvalue weighted by molar-refractivity contribution is 4.92. The summed E-state index contributed by atoms with van der Waals surface area (Å²) < 4.78 is 25.5. The van der Waals surface area contributed by atoms with Crippen molar-refractivity contribution in [3.8, 4) is 0 Å². The van der Waals surface area contributed by atoms with Gasteiger partial charge in [0.1, 0.15) is 0 Å². The van der Waals surface area contributed by atoms with Crippen molar-refractivity contribution in [2.75, 3.05) is 6.61 Å². The van der Waals surface area contributed by atoms with E-state index in [0.717, 1.165) is 107 Å². The van der Waals surface area contributed by atoms with Gasteiger partial charge in [0.2, 0.25) is 0 Å². The van der Waals surface area contributed by atoms with E-state index in [0.29, 0.717) is 35.1 Å². The Labute approximate surface area is 288 Å². The molecule has 0 aromatic heterocycles. The average Bonchev–Trinajstić information content (AvgIpc) is 3.05. The number of ether oxygens (including phenoxy) is 4. The van der Waals surface area contributed by atoms with Gasteiger partial charge in [-0.3, -0.25) is 0 Å². The molecular weight excluding hydrogens is 588 g/mol. The molecule has 5 aliphatic carbocycles. The fraction of sp³-hybridized carbons (Fsp3) is 1.00. The Morgan fingerprint density at radius 2 is 0.745 bits per heavy atom. The topological polar surface area (TPSA) is 77.4 Å².